The lowest BCUT2D eigenvalue weighted by molar-refractivity contribution is -0.130. The van der Waals surface area contributed by atoms with Crippen LogP contribution < -0.4 is 5.32 Å². The molecule has 20 heavy (non-hydrogen) atoms. The fraction of sp³-hybridized carbons (Fsp3) is 0.857. The van der Waals surface area contributed by atoms with Crippen molar-refractivity contribution >= 4 is 11.9 Å². The van der Waals surface area contributed by atoms with Crippen LogP contribution >= 0.6 is 0 Å². The summed E-state index contributed by atoms with van der Waals surface area (Å²) in [5.41, 5.74) is 0. The van der Waals surface area contributed by atoms with E-state index in [0.29, 0.717) is 12.1 Å². The molecule has 6 nitrogen and oxygen atoms in total. The Labute approximate surface area is 120 Å². The third kappa shape index (κ3) is 2.42. The van der Waals surface area contributed by atoms with Gasteiger partial charge in [0, 0.05) is 25.2 Å². The van der Waals surface area contributed by atoms with E-state index in [0.717, 1.165) is 26.2 Å². The van der Waals surface area contributed by atoms with E-state index in [1.165, 1.54) is 17.7 Å². The van der Waals surface area contributed by atoms with Gasteiger partial charge in [0.2, 0.25) is 5.91 Å². The van der Waals surface area contributed by atoms with E-state index in [9.17, 15) is 9.59 Å². The number of piperidine rings is 1. The summed E-state index contributed by atoms with van der Waals surface area (Å²) < 4.78 is 0. The molecule has 3 aliphatic heterocycles. The van der Waals surface area contributed by atoms with E-state index in [1.807, 2.05) is 0 Å². The van der Waals surface area contributed by atoms with Crippen molar-refractivity contribution in [3.63, 3.8) is 0 Å². The normalized spacial score (nSPS) is 27.2. The molecule has 6 heteroatoms. The van der Waals surface area contributed by atoms with E-state index >= 15 is 0 Å². The van der Waals surface area contributed by atoms with E-state index < -0.39 is 0 Å². The zero-order valence-electron chi connectivity index (χ0n) is 12.3. The number of imide groups is 1. The zero-order chi connectivity index (χ0) is 14.3. The van der Waals surface area contributed by atoms with Crippen LogP contribution in [-0.4, -0.2) is 77.5 Å². The van der Waals surface area contributed by atoms with Gasteiger partial charge in [0.15, 0.2) is 0 Å². The number of nitrogens with one attached hydrogen (secondary N) is 1. The van der Waals surface area contributed by atoms with Crippen molar-refractivity contribution in [3.8, 4) is 0 Å². The van der Waals surface area contributed by atoms with Crippen molar-refractivity contribution < 1.29 is 9.59 Å². The largest absolute Gasteiger partial charge is 0.329 e. The maximum atomic E-state index is 11.6. The molecule has 0 saturated carbocycles. The number of hydrogen-bond donors (Lipinski definition) is 1. The van der Waals surface area contributed by atoms with Crippen molar-refractivity contribution in [1.29, 1.82) is 0 Å². The standard InChI is InChI=1S/C14H24N4O2/c1-10(2)16-5-3-11(4-6-16)17-8-12(9-17)18-13(19)7-15-14(18)20/h10-12H,3-9H2,1-2H3,(H,15,20). The Balaban J connectivity index is 1.47. The highest BCUT2D eigenvalue weighted by molar-refractivity contribution is 6.02. The third-order valence-electron chi connectivity index (χ3n) is 4.88. The minimum Gasteiger partial charge on any atom is -0.329 e. The number of amides is 3. The van der Waals surface area contributed by atoms with Crippen molar-refractivity contribution in [2.45, 2.75) is 44.8 Å². The molecule has 0 aromatic carbocycles. The summed E-state index contributed by atoms with van der Waals surface area (Å²) >= 11 is 0. The van der Waals surface area contributed by atoms with E-state index in [-0.39, 0.29) is 24.5 Å². The predicted molar refractivity (Wildman–Crippen MR) is 75.3 cm³/mol. The van der Waals surface area contributed by atoms with Crippen molar-refractivity contribution in [3.05, 3.63) is 0 Å². The highest BCUT2D eigenvalue weighted by atomic mass is 16.2. The molecule has 3 fully saturated rings. The van der Waals surface area contributed by atoms with Crippen LogP contribution in [0.2, 0.25) is 0 Å². The maximum Gasteiger partial charge on any atom is 0.324 e. The quantitative estimate of drug-likeness (QED) is 0.745. The summed E-state index contributed by atoms with van der Waals surface area (Å²) in [4.78, 5) is 29.6. The first-order chi connectivity index (χ1) is 9.56. The van der Waals surface area contributed by atoms with Gasteiger partial charge >= 0.3 is 6.03 Å². The molecule has 0 unspecified atom stereocenters. The second kappa shape index (κ2) is 5.33. The van der Waals surface area contributed by atoms with Crippen molar-refractivity contribution in [2.75, 3.05) is 32.7 Å². The highest BCUT2D eigenvalue weighted by Gasteiger charge is 2.43. The summed E-state index contributed by atoms with van der Waals surface area (Å²) in [7, 11) is 0. The molecule has 0 radical (unpaired) electrons. The summed E-state index contributed by atoms with van der Waals surface area (Å²) in [6, 6.07) is 1.13. The van der Waals surface area contributed by atoms with Crippen LogP contribution in [-0.2, 0) is 4.79 Å². The van der Waals surface area contributed by atoms with E-state index in [4.69, 9.17) is 0 Å². The van der Waals surface area contributed by atoms with Crippen LogP contribution in [0.1, 0.15) is 26.7 Å². The Morgan fingerprint density at radius 1 is 1.10 bits per heavy atom. The van der Waals surface area contributed by atoms with E-state index in [1.54, 1.807) is 0 Å². The first kappa shape index (κ1) is 13.8. The topological polar surface area (TPSA) is 55.9 Å². The monoisotopic (exact) mass is 280 g/mol. The van der Waals surface area contributed by atoms with Gasteiger partial charge in [-0.15, -0.1) is 0 Å². The molecule has 0 aromatic rings. The van der Waals surface area contributed by atoms with Gasteiger partial charge < -0.3 is 10.2 Å². The van der Waals surface area contributed by atoms with Gasteiger partial charge in [0.05, 0.1) is 12.6 Å². The molecule has 0 bridgehead atoms. The van der Waals surface area contributed by atoms with Gasteiger partial charge in [-0.25, -0.2) is 4.79 Å². The molecular formula is C14H24N4O2. The lowest BCUT2D eigenvalue weighted by atomic mass is 9.96. The second-order valence-corrected chi connectivity index (χ2v) is 6.39. The minimum atomic E-state index is -0.214. The molecule has 0 atom stereocenters. The zero-order valence-corrected chi connectivity index (χ0v) is 12.3. The third-order valence-corrected chi connectivity index (χ3v) is 4.88. The molecule has 0 aromatic heterocycles. The van der Waals surface area contributed by atoms with Crippen LogP contribution in [0.15, 0.2) is 0 Å². The molecule has 0 aliphatic carbocycles. The van der Waals surface area contributed by atoms with Crippen LogP contribution in [0.25, 0.3) is 0 Å². The maximum absolute atomic E-state index is 11.6. The number of nitrogens with zero attached hydrogens (tertiary/aromatic N) is 3. The first-order valence-electron chi connectivity index (χ1n) is 7.64. The summed E-state index contributed by atoms with van der Waals surface area (Å²) in [6.45, 7) is 8.69. The average molecular weight is 280 g/mol. The fourth-order valence-corrected chi connectivity index (χ4v) is 3.52. The lowest BCUT2D eigenvalue weighted by Gasteiger charge is -2.49. The Hall–Kier alpha value is -1.14. The Morgan fingerprint density at radius 2 is 1.75 bits per heavy atom. The number of carbonyl (C=O) groups is 2. The van der Waals surface area contributed by atoms with Gasteiger partial charge in [0.25, 0.3) is 0 Å². The predicted octanol–water partition coefficient (Wildman–Crippen LogP) is 0.0952. The van der Waals surface area contributed by atoms with Gasteiger partial charge in [-0.1, -0.05) is 0 Å². The van der Waals surface area contributed by atoms with Gasteiger partial charge in [-0.3, -0.25) is 14.6 Å². The number of carbonyl (C=O) groups excluding carboxylic acids is 2. The van der Waals surface area contributed by atoms with Crippen molar-refractivity contribution in [2.24, 2.45) is 0 Å². The molecule has 1 N–H and O–H groups in total. The first-order valence-corrected chi connectivity index (χ1v) is 7.64. The smallest absolute Gasteiger partial charge is 0.324 e. The van der Waals surface area contributed by atoms with Gasteiger partial charge in [0.1, 0.15) is 0 Å². The SMILES string of the molecule is CC(C)N1CCC(N2CC(N3C(=O)CNC3=O)C2)CC1. The molecule has 3 aliphatic rings. The number of likely N-dealkylation sites (tertiary alicyclic amines) is 2. The molecular weight excluding hydrogens is 256 g/mol. The Morgan fingerprint density at radius 3 is 2.25 bits per heavy atom. The summed E-state index contributed by atoms with van der Waals surface area (Å²) in [5, 5.41) is 2.59. The Bertz CT molecular complexity index is 382. The van der Waals surface area contributed by atoms with Crippen LogP contribution in [0, 0.1) is 0 Å². The fourth-order valence-electron chi connectivity index (χ4n) is 3.52. The molecule has 3 amide bonds. The number of hydrogen-bond acceptors (Lipinski definition) is 4. The summed E-state index contributed by atoms with van der Waals surface area (Å²) in [6.07, 6.45) is 2.40. The molecule has 0 spiro atoms. The van der Waals surface area contributed by atoms with E-state index in [2.05, 4.69) is 29.0 Å². The van der Waals surface area contributed by atoms with Gasteiger partial charge in [-0.2, -0.15) is 0 Å². The lowest BCUT2D eigenvalue weighted by Crippen LogP contribution is -2.64. The molecule has 112 valence electrons. The average Bonchev–Trinajstić information content (AvgIpc) is 2.70. The van der Waals surface area contributed by atoms with Crippen molar-refractivity contribution in [1.82, 2.24) is 20.0 Å². The van der Waals surface area contributed by atoms with Crippen LogP contribution in [0.3, 0.4) is 0 Å². The minimum absolute atomic E-state index is 0.0747. The van der Waals surface area contributed by atoms with Crippen LogP contribution in [0.5, 0.6) is 0 Å². The van der Waals surface area contributed by atoms with Crippen LogP contribution in [0.4, 0.5) is 4.79 Å². The number of rotatable bonds is 3. The highest BCUT2D eigenvalue weighted by Crippen LogP contribution is 2.25. The second-order valence-electron chi connectivity index (χ2n) is 6.39. The summed E-state index contributed by atoms with van der Waals surface area (Å²) in [5.74, 6) is -0.0747. The van der Waals surface area contributed by atoms with Gasteiger partial charge in [-0.05, 0) is 39.8 Å². The molecule has 3 rings (SSSR count). The molecule has 3 heterocycles. The number of urea groups is 1. The Kier molecular flexibility index (Phi) is 3.69. The molecule has 3 saturated heterocycles.